The van der Waals surface area contributed by atoms with Gasteiger partial charge in [0.1, 0.15) is 5.76 Å². The lowest BCUT2D eigenvalue weighted by atomic mass is 10.1. The lowest BCUT2D eigenvalue weighted by Crippen LogP contribution is -2.40. The second-order valence-corrected chi connectivity index (χ2v) is 5.38. The van der Waals surface area contributed by atoms with Crippen LogP contribution >= 0.6 is 0 Å². The second-order valence-electron chi connectivity index (χ2n) is 5.38. The molecule has 0 radical (unpaired) electrons. The van der Waals surface area contributed by atoms with Gasteiger partial charge in [0.15, 0.2) is 5.82 Å². The first-order valence-corrected chi connectivity index (χ1v) is 7.21. The van der Waals surface area contributed by atoms with Gasteiger partial charge in [0, 0.05) is 12.6 Å². The number of aryl methyl sites for hydroxylation is 1. The van der Waals surface area contributed by atoms with Gasteiger partial charge in [-0.05, 0) is 26.6 Å². The molecule has 1 aromatic carbocycles. The van der Waals surface area contributed by atoms with Crippen LogP contribution in [0.25, 0.3) is 0 Å². The quantitative estimate of drug-likeness (QED) is 0.813. The molecule has 2 amide bonds. The van der Waals surface area contributed by atoms with E-state index in [1.807, 2.05) is 49.3 Å². The number of hydrogen-bond acceptors (Lipinski definition) is 5. The van der Waals surface area contributed by atoms with E-state index in [4.69, 9.17) is 4.52 Å². The maximum absolute atomic E-state index is 11.9. The van der Waals surface area contributed by atoms with Crippen LogP contribution in [0.3, 0.4) is 0 Å². The molecule has 0 spiro atoms. The molecule has 1 aromatic heterocycles. The smallest absolute Gasteiger partial charge is 0.314 e. The number of nitrogens with one attached hydrogen (secondary N) is 2. The predicted octanol–water partition coefficient (Wildman–Crippen LogP) is 1.34. The van der Waals surface area contributed by atoms with Crippen molar-refractivity contribution >= 4 is 17.6 Å². The fourth-order valence-electron chi connectivity index (χ4n) is 2.14. The van der Waals surface area contributed by atoms with Crippen molar-refractivity contribution in [3.8, 4) is 0 Å². The van der Waals surface area contributed by atoms with Crippen LogP contribution in [-0.2, 0) is 9.59 Å². The Morgan fingerprint density at radius 2 is 1.91 bits per heavy atom. The summed E-state index contributed by atoms with van der Waals surface area (Å²) in [6.45, 7) is 2.02. The number of nitrogens with zero attached hydrogens (tertiary/aromatic N) is 2. The van der Waals surface area contributed by atoms with Gasteiger partial charge in [-0.3, -0.25) is 14.9 Å². The highest BCUT2D eigenvalue weighted by Gasteiger charge is 2.19. The fourth-order valence-corrected chi connectivity index (χ4v) is 2.14. The zero-order chi connectivity index (χ0) is 16.8. The van der Waals surface area contributed by atoms with Gasteiger partial charge in [-0.25, -0.2) is 0 Å². The number of carbonyl (C=O) groups is 2. The van der Waals surface area contributed by atoms with Gasteiger partial charge in [0.25, 0.3) is 0 Å². The first kappa shape index (κ1) is 16.7. The molecular weight excluding hydrogens is 296 g/mol. The number of anilines is 1. The van der Waals surface area contributed by atoms with E-state index >= 15 is 0 Å². The van der Waals surface area contributed by atoms with Crippen LogP contribution in [0.4, 0.5) is 5.82 Å². The largest absolute Gasteiger partial charge is 0.360 e. The summed E-state index contributed by atoms with van der Waals surface area (Å²) in [5, 5.41) is 8.64. The molecule has 0 saturated carbocycles. The summed E-state index contributed by atoms with van der Waals surface area (Å²) in [6.07, 6.45) is 0. The highest BCUT2D eigenvalue weighted by Crippen LogP contribution is 2.16. The highest BCUT2D eigenvalue weighted by molar-refractivity contribution is 6.39. The summed E-state index contributed by atoms with van der Waals surface area (Å²) in [7, 11) is 3.84. The summed E-state index contributed by atoms with van der Waals surface area (Å²) in [6, 6.07) is 11.3. The third-order valence-electron chi connectivity index (χ3n) is 3.34. The number of rotatable bonds is 5. The van der Waals surface area contributed by atoms with Crippen molar-refractivity contribution in [2.75, 3.05) is 26.0 Å². The van der Waals surface area contributed by atoms with Gasteiger partial charge in [0.2, 0.25) is 0 Å². The van der Waals surface area contributed by atoms with E-state index in [-0.39, 0.29) is 11.9 Å². The number of carbonyl (C=O) groups excluding carboxylic acids is 2. The molecule has 0 aliphatic heterocycles. The first-order chi connectivity index (χ1) is 11.0. The lowest BCUT2D eigenvalue weighted by molar-refractivity contribution is -0.136. The van der Waals surface area contributed by atoms with Crippen LogP contribution in [0.1, 0.15) is 17.4 Å². The van der Waals surface area contributed by atoms with Gasteiger partial charge in [0.05, 0.1) is 6.04 Å². The minimum atomic E-state index is -0.774. The lowest BCUT2D eigenvalue weighted by Gasteiger charge is -2.24. The molecule has 2 N–H and O–H groups in total. The summed E-state index contributed by atoms with van der Waals surface area (Å²) < 4.78 is 4.83. The van der Waals surface area contributed by atoms with Crippen molar-refractivity contribution in [1.82, 2.24) is 15.4 Å². The Morgan fingerprint density at radius 1 is 1.22 bits per heavy atom. The van der Waals surface area contributed by atoms with Gasteiger partial charge >= 0.3 is 11.8 Å². The molecule has 2 rings (SSSR count). The summed E-state index contributed by atoms with van der Waals surface area (Å²) >= 11 is 0. The van der Waals surface area contributed by atoms with Crippen LogP contribution in [0.5, 0.6) is 0 Å². The molecule has 1 heterocycles. The number of aromatic nitrogens is 1. The number of hydrogen-bond donors (Lipinski definition) is 2. The third kappa shape index (κ3) is 4.65. The molecule has 7 nitrogen and oxygen atoms in total. The molecule has 122 valence electrons. The second kappa shape index (κ2) is 7.55. The molecule has 23 heavy (non-hydrogen) atoms. The third-order valence-corrected chi connectivity index (χ3v) is 3.34. The Hall–Kier alpha value is -2.67. The maximum atomic E-state index is 11.9. The van der Waals surface area contributed by atoms with Gasteiger partial charge in [-0.2, -0.15) is 0 Å². The summed E-state index contributed by atoms with van der Waals surface area (Å²) in [5.41, 5.74) is 1.06. The zero-order valence-electron chi connectivity index (χ0n) is 13.4. The van der Waals surface area contributed by atoms with Crippen molar-refractivity contribution < 1.29 is 14.1 Å². The van der Waals surface area contributed by atoms with E-state index < -0.39 is 11.8 Å². The molecule has 0 aliphatic rings. The molecule has 0 unspecified atom stereocenters. The minimum absolute atomic E-state index is 0.0257. The highest BCUT2D eigenvalue weighted by atomic mass is 16.5. The first-order valence-electron chi connectivity index (χ1n) is 7.21. The van der Waals surface area contributed by atoms with Gasteiger partial charge in [-0.1, -0.05) is 35.5 Å². The minimum Gasteiger partial charge on any atom is -0.360 e. The van der Waals surface area contributed by atoms with Crippen molar-refractivity contribution in [3.63, 3.8) is 0 Å². The van der Waals surface area contributed by atoms with E-state index in [1.165, 1.54) is 6.07 Å². The topological polar surface area (TPSA) is 87.5 Å². The van der Waals surface area contributed by atoms with Crippen LogP contribution < -0.4 is 10.6 Å². The van der Waals surface area contributed by atoms with E-state index in [1.54, 1.807) is 6.92 Å². The standard InChI is InChI=1S/C16H20N4O3/c1-11-9-14(19-23-11)18-16(22)15(21)17-10-13(20(2)3)12-7-5-4-6-8-12/h4-9,13H,10H2,1-3H3,(H,17,21)(H,18,19,22)/t13-/m0/s1. The molecule has 1 atom stereocenters. The predicted molar refractivity (Wildman–Crippen MR) is 85.7 cm³/mol. The van der Waals surface area contributed by atoms with E-state index in [9.17, 15) is 9.59 Å². The van der Waals surface area contributed by atoms with Crippen molar-refractivity contribution in [1.29, 1.82) is 0 Å². The van der Waals surface area contributed by atoms with Crippen LogP contribution in [-0.4, -0.2) is 42.5 Å². The van der Waals surface area contributed by atoms with Crippen molar-refractivity contribution in [3.05, 3.63) is 47.7 Å². The molecule has 2 aromatic rings. The average molecular weight is 316 g/mol. The molecule has 0 aliphatic carbocycles. The Morgan fingerprint density at radius 3 is 2.48 bits per heavy atom. The van der Waals surface area contributed by atoms with E-state index in [0.717, 1.165) is 5.56 Å². The molecule has 0 saturated heterocycles. The number of amides is 2. The van der Waals surface area contributed by atoms with Crippen LogP contribution in [0, 0.1) is 6.92 Å². The summed E-state index contributed by atoms with van der Waals surface area (Å²) in [4.78, 5) is 25.7. The average Bonchev–Trinajstić information content (AvgIpc) is 2.93. The van der Waals surface area contributed by atoms with E-state index in [2.05, 4.69) is 15.8 Å². The molecule has 7 heteroatoms. The van der Waals surface area contributed by atoms with Crippen LogP contribution in [0.15, 0.2) is 40.9 Å². The Bertz CT molecular complexity index is 667. The Balaban J connectivity index is 1.92. The van der Waals surface area contributed by atoms with Crippen LogP contribution in [0.2, 0.25) is 0 Å². The SMILES string of the molecule is Cc1cc(NC(=O)C(=O)NC[C@@H](c2ccccc2)N(C)C)no1. The Kier molecular flexibility index (Phi) is 5.48. The van der Waals surface area contributed by atoms with Crippen molar-refractivity contribution in [2.24, 2.45) is 0 Å². The zero-order valence-corrected chi connectivity index (χ0v) is 13.4. The van der Waals surface area contributed by atoms with Gasteiger partial charge in [-0.15, -0.1) is 0 Å². The Labute approximate surface area is 134 Å². The van der Waals surface area contributed by atoms with Crippen molar-refractivity contribution in [2.45, 2.75) is 13.0 Å². The maximum Gasteiger partial charge on any atom is 0.314 e. The number of likely N-dealkylation sites (N-methyl/N-ethyl adjacent to an activating group) is 1. The molecule has 0 fully saturated rings. The van der Waals surface area contributed by atoms with E-state index in [0.29, 0.717) is 12.3 Å². The monoisotopic (exact) mass is 316 g/mol. The number of benzene rings is 1. The molecular formula is C16H20N4O3. The van der Waals surface area contributed by atoms with Gasteiger partial charge < -0.3 is 14.7 Å². The fraction of sp³-hybridized carbons (Fsp3) is 0.312. The molecule has 0 bridgehead atoms. The normalized spacial score (nSPS) is 12.0. The summed E-state index contributed by atoms with van der Waals surface area (Å²) in [5.74, 6) is -0.718.